The Labute approximate surface area is 111 Å². The van der Waals surface area contributed by atoms with Crippen molar-refractivity contribution in [3.8, 4) is 5.75 Å². The molecule has 94 valence electrons. The summed E-state index contributed by atoms with van der Waals surface area (Å²) in [5, 5.41) is 9.04. The molecule has 0 saturated heterocycles. The van der Waals surface area contributed by atoms with Crippen LogP contribution in [0.3, 0.4) is 0 Å². The fourth-order valence-electron chi connectivity index (χ4n) is 2.27. The molecule has 0 aromatic heterocycles. The van der Waals surface area contributed by atoms with Gasteiger partial charge in [0.25, 0.3) is 0 Å². The Kier molecular flexibility index (Phi) is 4.46. The van der Waals surface area contributed by atoms with Gasteiger partial charge in [0.2, 0.25) is 0 Å². The van der Waals surface area contributed by atoms with Crippen LogP contribution in [0.5, 0.6) is 5.75 Å². The number of rotatable bonds is 3. The molecule has 0 aliphatic heterocycles. The topological polar surface area (TPSA) is 29.5 Å². The molecule has 0 atom stereocenters. The van der Waals surface area contributed by atoms with Crippen molar-refractivity contribution in [3.05, 3.63) is 28.2 Å². The second-order valence-corrected chi connectivity index (χ2v) is 5.78. The maximum atomic E-state index is 9.04. The fraction of sp³-hybridized carbons (Fsp3) is 0.571. The van der Waals surface area contributed by atoms with Crippen LogP contribution in [-0.4, -0.2) is 11.2 Å². The summed E-state index contributed by atoms with van der Waals surface area (Å²) in [6, 6.07) is 5.76. The van der Waals surface area contributed by atoms with Crippen LogP contribution >= 0.6 is 15.9 Å². The van der Waals surface area contributed by atoms with Crippen molar-refractivity contribution in [3.63, 3.8) is 0 Å². The molecular weight excluding hydrogens is 280 g/mol. The minimum atomic E-state index is 0.0693. The SMILES string of the molecule is CC1CCC(Oc2ccc(CO)cc2Br)CC1. The van der Waals surface area contributed by atoms with E-state index in [0.29, 0.717) is 6.10 Å². The van der Waals surface area contributed by atoms with Crippen LogP contribution < -0.4 is 4.74 Å². The minimum Gasteiger partial charge on any atom is -0.489 e. The zero-order valence-corrected chi connectivity index (χ0v) is 11.7. The Morgan fingerprint density at radius 3 is 2.59 bits per heavy atom. The molecule has 17 heavy (non-hydrogen) atoms. The van der Waals surface area contributed by atoms with E-state index in [-0.39, 0.29) is 6.61 Å². The Hall–Kier alpha value is -0.540. The van der Waals surface area contributed by atoms with E-state index in [1.807, 2.05) is 18.2 Å². The fourth-order valence-corrected chi connectivity index (χ4v) is 2.78. The molecule has 1 fully saturated rings. The number of hydrogen-bond donors (Lipinski definition) is 1. The third-order valence-corrected chi connectivity index (χ3v) is 4.06. The van der Waals surface area contributed by atoms with Crippen molar-refractivity contribution in [1.29, 1.82) is 0 Å². The highest BCUT2D eigenvalue weighted by molar-refractivity contribution is 9.10. The van der Waals surface area contributed by atoms with E-state index in [4.69, 9.17) is 9.84 Å². The first-order chi connectivity index (χ1) is 8.19. The van der Waals surface area contributed by atoms with Crippen molar-refractivity contribution >= 4 is 15.9 Å². The zero-order chi connectivity index (χ0) is 12.3. The number of halogens is 1. The van der Waals surface area contributed by atoms with Gasteiger partial charge in [-0.2, -0.15) is 0 Å². The monoisotopic (exact) mass is 298 g/mol. The average molecular weight is 299 g/mol. The van der Waals surface area contributed by atoms with Gasteiger partial charge in [0.1, 0.15) is 5.75 Å². The van der Waals surface area contributed by atoms with Gasteiger partial charge in [0.05, 0.1) is 17.2 Å². The second-order valence-electron chi connectivity index (χ2n) is 4.92. The Balaban J connectivity index is 1.99. The summed E-state index contributed by atoms with van der Waals surface area (Å²) >= 11 is 3.49. The van der Waals surface area contributed by atoms with Gasteiger partial charge in [-0.15, -0.1) is 0 Å². The second kappa shape index (κ2) is 5.87. The first-order valence-electron chi connectivity index (χ1n) is 6.25. The van der Waals surface area contributed by atoms with Crippen molar-refractivity contribution < 1.29 is 9.84 Å². The predicted octanol–water partition coefficient (Wildman–Crippen LogP) is 3.90. The number of ether oxygens (including phenoxy) is 1. The summed E-state index contributed by atoms with van der Waals surface area (Å²) in [6.45, 7) is 2.38. The highest BCUT2D eigenvalue weighted by Crippen LogP contribution is 2.31. The molecular formula is C14H19BrO2. The van der Waals surface area contributed by atoms with Gasteiger partial charge in [0.15, 0.2) is 0 Å². The van der Waals surface area contributed by atoms with Gasteiger partial charge in [-0.25, -0.2) is 0 Å². The third-order valence-electron chi connectivity index (χ3n) is 3.44. The molecule has 1 aromatic rings. The first-order valence-corrected chi connectivity index (χ1v) is 7.04. The molecule has 0 unspecified atom stereocenters. The summed E-state index contributed by atoms with van der Waals surface area (Å²) in [5.41, 5.74) is 0.904. The Morgan fingerprint density at radius 2 is 2.00 bits per heavy atom. The first kappa shape index (κ1) is 12.9. The molecule has 0 amide bonds. The number of hydrogen-bond acceptors (Lipinski definition) is 2. The van der Waals surface area contributed by atoms with Gasteiger partial charge < -0.3 is 9.84 Å². The van der Waals surface area contributed by atoms with E-state index >= 15 is 0 Å². The maximum Gasteiger partial charge on any atom is 0.133 e. The third kappa shape index (κ3) is 3.46. The van der Waals surface area contributed by atoms with Crippen molar-refractivity contribution in [2.24, 2.45) is 5.92 Å². The lowest BCUT2D eigenvalue weighted by Crippen LogP contribution is -2.23. The predicted molar refractivity (Wildman–Crippen MR) is 72.1 cm³/mol. The molecule has 2 rings (SSSR count). The van der Waals surface area contributed by atoms with Gasteiger partial charge in [-0.1, -0.05) is 13.0 Å². The van der Waals surface area contributed by atoms with Gasteiger partial charge in [0, 0.05) is 0 Å². The van der Waals surface area contributed by atoms with E-state index in [2.05, 4.69) is 22.9 Å². The molecule has 2 nitrogen and oxygen atoms in total. The van der Waals surface area contributed by atoms with Gasteiger partial charge >= 0.3 is 0 Å². The summed E-state index contributed by atoms with van der Waals surface area (Å²) in [7, 11) is 0. The van der Waals surface area contributed by atoms with Crippen LogP contribution in [0.25, 0.3) is 0 Å². The normalized spacial score (nSPS) is 24.6. The molecule has 1 saturated carbocycles. The van der Waals surface area contributed by atoms with Crippen LogP contribution in [-0.2, 0) is 6.61 Å². The summed E-state index contributed by atoms with van der Waals surface area (Å²) in [4.78, 5) is 0. The number of aliphatic hydroxyl groups excluding tert-OH is 1. The van der Waals surface area contributed by atoms with Crippen molar-refractivity contribution in [2.75, 3.05) is 0 Å². The van der Waals surface area contributed by atoms with Crippen LogP contribution in [0.15, 0.2) is 22.7 Å². The zero-order valence-electron chi connectivity index (χ0n) is 10.2. The van der Waals surface area contributed by atoms with Crippen molar-refractivity contribution in [1.82, 2.24) is 0 Å². The number of aliphatic hydroxyl groups is 1. The molecule has 1 N–H and O–H groups in total. The molecule has 1 aromatic carbocycles. The van der Waals surface area contributed by atoms with Crippen LogP contribution in [0, 0.1) is 5.92 Å². The van der Waals surface area contributed by atoms with Gasteiger partial charge in [-0.3, -0.25) is 0 Å². The molecule has 3 heteroatoms. The Morgan fingerprint density at radius 1 is 1.29 bits per heavy atom. The molecule has 1 aliphatic carbocycles. The largest absolute Gasteiger partial charge is 0.489 e. The van der Waals surface area contributed by atoms with E-state index in [1.165, 1.54) is 12.8 Å². The maximum absolute atomic E-state index is 9.04. The van der Waals surface area contributed by atoms with E-state index in [9.17, 15) is 0 Å². The van der Waals surface area contributed by atoms with E-state index in [0.717, 1.165) is 34.5 Å². The average Bonchev–Trinajstić information content (AvgIpc) is 2.34. The number of benzene rings is 1. The molecule has 0 radical (unpaired) electrons. The molecule has 0 bridgehead atoms. The van der Waals surface area contributed by atoms with Crippen LogP contribution in [0.2, 0.25) is 0 Å². The van der Waals surface area contributed by atoms with Crippen LogP contribution in [0.4, 0.5) is 0 Å². The standard InChI is InChI=1S/C14H19BrO2/c1-10-2-5-12(6-3-10)17-14-7-4-11(9-16)8-13(14)15/h4,7-8,10,12,16H,2-3,5-6,9H2,1H3. The minimum absolute atomic E-state index is 0.0693. The smallest absolute Gasteiger partial charge is 0.133 e. The summed E-state index contributed by atoms with van der Waals surface area (Å²) < 4.78 is 6.94. The highest BCUT2D eigenvalue weighted by Gasteiger charge is 2.20. The molecule has 0 spiro atoms. The highest BCUT2D eigenvalue weighted by atomic mass is 79.9. The Bertz CT molecular complexity index is 370. The van der Waals surface area contributed by atoms with E-state index < -0.39 is 0 Å². The van der Waals surface area contributed by atoms with Gasteiger partial charge in [-0.05, 0) is 65.2 Å². The lowest BCUT2D eigenvalue weighted by atomic mass is 9.89. The molecule has 0 heterocycles. The lowest BCUT2D eigenvalue weighted by Gasteiger charge is -2.27. The van der Waals surface area contributed by atoms with Crippen LogP contribution in [0.1, 0.15) is 38.2 Å². The van der Waals surface area contributed by atoms with E-state index in [1.54, 1.807) is 0 Å². The van der Waals surface area contributed by atoms with Crippen molar-refractivity contribution in [2.45, 2.75) is 45.3 Å². The lowest BCUT2D eigenvalue weighted by molar-refractivity contribution is 0.134. The summed E-state index contributed by atoms with van der Waals surface area (Å²) in [5.74, 6) is 1.73. The summed E-state index contributed by atoms with van der Waals surface area (Å²) in [6.07, 6.45) is 5.17. The quantitative estimate of drug-likeness (QED) is 0.917. The molecule has 1 aliphatic rings.